The van der Waals surface area contributed by atoms with Crippen LogP contribution in [0.1, 0.15) is 20.8 Å². The summed E-state index contributed by atoms with van der Waals surface area (Å²) in [7, 11) is -3.62. The number of carbonyl (C=O) groups excluding carboxylic acids is 1. The van der Waals surface area contributed by atoms with Crippen LogP contribution >= 0.6 is 0 Å². The quantitative estimate of drug-likeness (QED) is 0.550. The number of nitrogens with one attached hydrogen (secondary N) is 2. The summed E-state index contributed by atoms with van der Waals surface area (Å²) in [5, 5.41) is 5.45. The van der Waals surface area contributed by atoms with Crippen molar-refractivity contribution in [1.29, 1.82) is 0 Å². The molecule has 0 spiro atoms. The molecule has 0 saturated heterocycles. The molecule has 0 atom stereocenters. The van der Waals surface area contributed by atoms with Gasteiger partial charge in [-0.05, 0) is 26.0 Å². The number of anilines is 3. The molecule has 168 valence electrons. The van der Waals surface area contributed by atoms with E-state index in [-0.39, 0.29) is 28.7 Å². The highest BCUT2D eigenvalue weighted by Crippen LogP contribution is 2.32. The van der Waals surface area contributed by atoms with Gasteiger partial charge >= 0.3 is 0 Å². The first-order valence-electron chi connectivity index (χ1n) is 9.56. The maximum absolute atomic E-state index is 13.3. The molecule has 0 unspecified atom stereocenters. The topological polar surface area (TPSA) is 123 Å². The zero-order valence-corrected chi connectivity index (χ0v) is 18.7. The Bertz CT molecular complexity index is 1250. The molecule has 9 nitrogen and oxygen atoms in total. The Hall–Kier alpha value is -3.60. The normalized spacial score (nSPS) is 11.3. The molecule has 0 saturated carbocycles. The number of ether oxygens (including phenoxy) is 1. The van der Waals surface area contributed by atoms with Gasteiger partial charge in [-0.2, -0.15) is 0 Å². The number of nitrogens with zero attached hydrogens (tertiary/aromatic N) is 3. The molecule has 1 amide bonds. The van der Waals surface area contributed by atoms with Crippen molar-refractivity contribution in [1.82, 2.24) is 15.0 Å². The number of halogens is 1. The number of hydrogen-bond acceptors (Lipinski definition) is 8. The van der Waals surface area contributed by atoms with Gasteiger partial charge in [-0.3, -0.25) is 9.78 Å². The van der Waals surface area contributed by atoms with Crippen LogP contribution in [-0.4, -0.2) is 41.6 Å². The van der Waals surface area contributed by atoms with Gasteiger partial charge in [0.25, 0.3) is 0 Å². The third-order valence-electron chi connectivity index (χ3n) is 4.00. The summed E-state index contributed by atoms with van der Waals surface area (Å²) < 4.78 is 43.2. The molecule has 0 radical (unpaired) electrons. The first kappa shape index (κ1) is 23.1. The predicted molar refractivity (Wildman–Crippen MR) is 118 cm³/mol. The number of hydrogen-bond donors (Lipinski definition) is 2. The van der Waals surface area contributed by atoms with Gasteiger partial charge in [0.05, 0.1) is 23.7 Å². The average molecular weight is 460 g/mol. The SMILES string of the molecule is CC(=O)Nc1cc(Nc2cc(OC(C)C)cc(S(C)(=O)=O)n2)c(-c2ccc(F)cn2)cn1. The van der Waals surface area contributed by atoms with Crippen LogP contribution in [0.25, 0.3) is 11.3 Å². The van der Waals surface area contributed by atoms with Crippen molar-refractivity contribution in [2.45, 2.75) is 31.9 Å². The average Bonchev–Trinajstić information content (AvgIpc) is 2.67. The largest absolute Gasteiger partial charge is 0.491 e. The Kier molecular flexibility index (Phi) is 6.68. The van der Waals surface area contributed by atoms with Crippen molar-refractivity contribution in [3.05, 3.63) is 48.5 Å². The van der Waals surface area contributed by atoms with E-state index in [1.807, 2.05) is 13.8 Å². The molecule has 0 aromatic carbocycles. The summed E-state index contributed by atoms with van der Waals surface area (Å²) >= 11 is 0. The summed E-state index contributed by atoms with van der Waals surface area (Å²) in [6.07, 6.45) is 3.38. The summed E-state index contributed by atoms with van der Waals surface area (Å²) in [6.45, 7) is 4.97. The van der Waals surface area contributed by atoms with Crippen LogP contribution in [0.15, 0.2) is 47.8 Å². The van der Waals surface area contributed by atoms with Gasteiger partial charge < -0.3 is 15.4 Å². The molecule has 3 aromatic heterocycles. The van der Waals surface area contributed by atoms with Crippen LogP contribution in [0.2, 0.25) is 0 Å². The summed E-state index contributed by atoms with van der Waals surface area (Å²) in [6, 6.07) is 7.17. The highest BCUT2D eigenvalue weighted by atomic mass is 32.2. The maximum atomic E-state index is 13.3. The second-order valence-electron chi connectivity index (χ2n) is 7.25. The molecule has 0 aliphatic rings. The zero-order valence-electron chi connectivity index (χ0n) is 17.9. The third kappa shape index (κ3) is 5.97. The van der Waals surface area contributed by atoms with Crippen LogP contribution in [0.4, 0.5) is 21.7 Å². The Morgan fingerprint density at radius 3 is 2.44 bits per heavy atom. The fraction of sp³-hybridized carbons (Fsp3) is 0.238. The molecule has 32 heavy (non-hydrogen) atoms. The van der Waals surface area contributed by atoms with Gasteiger partial charge in [-0.1, -0.05) is 0 Å². The highest BCUT2D eigenvalue weighted by molar-refractivity contribution is 7.90. The Balaban J connectivity index is 2.11. The van der Waals surface area contributed by atoms with Crippen molar-refractivity contribution in [3.8, 4) is 17.0 Å². The molecule has 0 aliphatic carbocycles. The first-order valence-corrected chi connectivity index (χ1v) is 11.5. The minimum atomic E-state index is -3.62. The van der Waals surface area contributed by atoms with Gasteiger partial charge in [0.15, 0.2) is 14.9 Å². The molecule has 3 heterocycles. The molecule has 0 bridgehead atoms. The van der Waals surface area contributed by atoms with Crippen molar-refractivity contribution >= 4 is 33.1 Å². The Morgan fingerprint density at radius 1 is 1.09 bits per heavy atom. The lowest BCUT2D eigenvalue weighted by molar-refractivity contribution is -0.114. The molecular formula is C21H22FN5O4S. The molecule has 11 heteroatoms. The number of aromatic nitrogens is 3. The fourth-order valence-corrected chi connectivity index (χ4v) is 3.35. The summed E-state index contributed by atoms with van der Waals surface area (Å²) in [5.74, 6) is -0.0591. The predicted octanol–water partition coefficient (Wildman–Crippen LogP) is 3.57. The minimum Gasteiger partial charge on any atom is -0.491 e. The van der Waals surface area contributed by atoms with Gasteiger partial charge in [-0.25, -0.2) is 22.8 Å². The van der Waals surface area contributed by atoms with E-state index in [2.05, 4.69) is 25.6 Å². The van der Waals surface area contributed by atoms with Crippen LogP contribution in [0.3, 0.4) is 0 Å². The van der Waals surface area contributed by atoms with Crippen molar-refractivity contribution in [3.63, 3.8) is 0 Å². The van der Waals surface area contributed by atoms with E-state index in [9.17, 15) is 17.6 Å². The zero-order chi connectivity index (χ0) is 23.5. The van der Waals surface area contributed by atoms with E-state index in [1.54, 1.807) is 12.1 Å². The van der Waals surface area contributed by atoms with Crippen molar-refractivity contribution in [2.24, 2.45) is 0 Å². The van der Waals surface area contributed by atoms with E-state index in [4.69, 9.17) is 4.74 Å². The third-order valence-corrected chi connectivity index (χ3v) is 4.97. The molecule has 2 N–H and O–H groups in total. The van der Waals surface area contributed by atoms with Crippen LogP contribution in [0.5, 0.6) is 5.75 Å². The Labute approximate surface area is 185 Å². The van der Waals surface area contributed by atoms with E-state index in [0.29, 0.717) is 22.7 Å². The van der Waals surface area contributed by atoms with Crippen LogP contribution in [-0.2, 0) is 14.6 Å². The van der Waals surface area contributed by atoms with E-state index in [0.717, 1.165) is 12.5 Å². The van der Waals surface area contributed by atoms with E-state index < -0.39 is 15.7 Å². The van der Waals surface area contributed by atoms with Gasteiger partial charge in [-0.15, -0.1) is 0 Å². The van der Waals surface area contributed by atoms with Crippen molar-refractivity contribution in [2.75, 3.05) is 16.9 Å². The van der Waals surface area contributed by atoms with Gasteiger partial charge in [0, 0.05) is 43.1 Å². The number of amides is 1. The number of rotatable bonds is 7. The molecule has 3 rings (SSSR count). The van der Waals surface area contributed by atoms with Crippen molar-refractivity contribution < 1.29 is 22.3 Å². The maximum Gasteiger partial charge on any atom is 0.222 e. The molecule has 0 aliphatic heterocycles. The number of carbonyl (C=O) groups is 1. The second kappa shape index (κ2) is 9.27. The van der Waals surface area contributed by atoms with Gasteiger partial charge in [0.2, 0.25) is 5.91 Å². The second-order valence-corrected chi connectivity index (χ2v) is 9.21. The summed E-state index contributed by atoms with van der Waals surface area (Å²) in [4.78, 5) is 23.9. The monoisotopic (exact) mass is 459 g/mol. The molecule has 3 aromatic rings. The van der Waals surface area contributed by atoms with Crippen LogP contribution < -0.4 is 15.4 Å². The smallest absolute Gasteiger partial charge is 0.222 e. The lowest BCUT2D eigenvalue weighted by Gasteiger charge is -2.16. The van der Waals surface area contributed by atoms with Gasteiger partial charge in [0.1, 0.15) is 23.2 Å². The summed E-state index contributed by atoms with van der Waals surface area (Å²) in [5.41, 5.74) is 1.31. The minimum absolute atomic E-state index is 0.171. The highest BCUT2D eigenvalue weighted by Gasteiger charge is 2.16. The fourth-order valence-electron chi connectivity index (χ4n) is 2.76. The Morgan fingerprint density at radius 2 is 1.84 bits per heavy atom. The van der Waals surface area contributed by atoms with E-state index >= 15 is 0 Å². The van der Waals surface area contributed by atoms with Crippen LogP contribution in [0, 0.1) is 5.82 Å². The standard InChI is InChI=1S/C21H22FN5O4S/c1-12(2)31-15-7-20(27-21(8-15)32(4,29)30)26-18-9-19(25-13(3)28)24-11-16(18)17-6-5-14(22)10-23-17/h5-12H,1-4H3,(H2,24,25,26,27,28). The number of pyridine rings is 3. The number of sulfone groups is 1. The lowest BCUT2D eigenvalue weighted by atomic mass is 10.1. The first-order chi connectivity index (χ1) is 15.0. The lowest BCUT2D eigenvalue weighted by Crippen LogP contribution is -2.10. The molecular weight excluding hydrogens is 437 g/mol. The molecule has 0 fully saturated rings. The van der Waals surface area contributed by atoms with E-state index in [1.165, 1.54) is 31.3 Å².